The predicted molar refractivity (Wildman–Crippen MR) is 114 cm³/mol. The molecule has 1 aromatic carbocycles. The van der Waals surface area contributed by atoms with Crippen molar-refractivity contribution in [3.63, 3.8) is 0 Å². The number of benzene rings is 1. The van der Waals surface area contributed by atoms with Crippen LogP contribution in [0.15, 0.2) is 23.6 Å². The van der Waals surface area contributed by atoms with E-state index in [1.807, 2.05) is 17.5 Å². The predicted octanol–water partition coefficient (Wildman–Crippen LogP) is 5.13. The third-order valence-corrected chi connectivity index (χ3v) is 6.07. The minimum absolute atomic E-state index is 0.00502. The minimum atomic E-state index is -0.447. The number of hydrogen-bond acceptors (Lipinski definition) is 6. The van der Waals surface area contributed by atoms with Crippen LogP contribution in [-0.4, -0.2) is 32.7 Å². The molecule has 3 rings (SSSR count). The maximum absolute atomic E-state index is 12.7. The van der Waals surface area contributed by atoms with Crippen molar-refractivity contribution in [3.8, 4) is 22.6 Å². The molecule has 0 saturated heterocycles. The van der Waals surface area contributed by atoms with Crippen molar-refractivity contribution >= 4 is 28.2 Å². The van der Waals surface area contributed by atoms with Crippen LogP contribution >= 0.6 is 11.3 Å². The molecule has 0 spiro atoms. The zero-order chi connectivity index (χ0) is 20.8. The number of carbonyl (C=O) groups excluding carboxylic acids is 2. The second kappa shape index (κ2) is 9.78. The van der Waals surface area contributed by atoms with Gasteiger partial charge in [-0.05, 0) is 37.5 Å². The van der Waals surface area contributed by atoms with E-state index in [-0.39, 0.29) is 18.4 Å². The van der Waals surface area contributed by atoms with E-state index in [2.05, 4.69) is 5.32 Å². The highest BCUT2D eigenvalue weighted by molar-refractivity contribution is 7.15. The third-order valence-electron chi connectivity index (χ3n) is 5.18. The smallest absolute Gasteiger partial charge is 0.341 e. The van der Waals surface area contributed by atoms with Crippen molar-refractivity contribution in [2.24, 2.45) is 5.92 Å². The Bertz CT molecular complexity index is 870. The van der Waals surface area contributed by atoms with Crippen LogP contribution in [0, 0.1) is 5.92 Å². The lowest BCUT2D eigenvalue weighted by molar-refractivity contribution is -0.120. The summed E-state index contributed by atoms with van der Waals surface area (Å²) in [5.74, 6) is 0.715. The molecule has 1 aliphatic rings. The number of esters is 1. The van der Waals surface area contributed by atoms with Gasteiger partial charge < -0.3 is 19.5 Å². The van der Waals surface area contributed by atoms with E-state index in [4.69, 9.17) is 14.2 Å². The van der Waals surface area contributed by atoms with Crippen LogP contribution < -0.4 is 14.8 Å². The molecule has 1 fully saturated rings. The van der Waals surface area contributed by atoms with Gasteiger partial charge in [0.1, 0.15) is 10.6 Å². The first-order valence-corrected chi connectivity index (χ1v) is 10.8. The zero-order valence-corrected chi connectivity index (χ0v) is 17.9. The Hall–Kier alpha value is -2.54. The van der Waals surface area contributed by atoms with Crippen molar-refractivity contribution in [2.45, 2.75) is 39.0 Å². The van der Waals surface area contributed by atoms with Gasteiger partial charge >= 0.3 is 5.97 Å². The van der Waals surface area contributed by atoms with Crippen molar-refractivity contribution in [2.75, 3.05) is 26.1 Å². The topological polar surface area (TPSA) is 73.9 Å². The minimum Gasteiger partial charge on any atom is -0.493 e. The molecule has 6 nitrogen and oxygen atoms in total. The number of hydrogen-bond donors (Lipinski definition) is 1. The summed E-state index contributed by atoms with van der Waals surface area (Å²) in [4.78, 5) is 25.5. The molecule has 1 N–H and O–H groups in total. The van der Waals surface area contributed by atoms with Crippen molar-refractivity contribution in [1.29, 1.82) is 0 Å². The molecule has 0 unspecified atom stereocenters. The van der Waals surface area contributed by atoms with E-state index in [0.717, 1.165) is 31.2 Å². The SMILES string of the molecule is CCOC(=O)c1c(-c2ccc(OC)c(OC)c2)csc1NC(=O)C1CCCCC1. The van der Waals surface area contributed by atoms with Gasteiger partial charge in [-0.15, -0.1) is 11.3 Å². The molecule has 1 aromatic heterocycles. The summed E-state index contributed by atoms with van der Waals surface area (Å²) in [5, 5.41) is 5.38. The van der Waals surface area contributed by atoms with Crippen LogP contribution in [0.25, 0.3) is 11.1 Å². The highest BCUT2D eigenvalue weighted by Gasteiger charge is 2.26. The molecule has 0 atom stereocenters. The number of amides is 1. The van der Waals surface area contributed by atoms with Gasteiger partial charge in [0.15, 0.2) is 11.5 Å². The molecule has 1 saturated carbocycles. The Morgan fingerprint density at radius 3 is 2.48 bits per heavy atom. The second-order valence-corrected chi connectivity index (χ2v) is 7.85. The molecule has 2 aromatic rings. The summed E-state index contributed by atoms with van der Waals surface area (Å²) in [6, 6.07) is 5.47. The third kappa shape index (κ3) is 4.72. The number of anilines is 1. The van der Waals surface area contributed by atoms with Crippen molar-refractivity contribution < 1.29 is 23.8 Å². The first kappa shape index (κ1) is 21.2. The molecule has 156 valence electrons. The van der Waals surface area contributed by atoms with Crippen LogP contribution in [0.1, 0.15) is 49.4 Å². The quantitative estimate of drug-likeness (QED) is 0.633. The van der Waals surface area contributed by atoms with Gasteiger partial charge in [0.05, 0.1) is 20.8 Å². The Kier molecular flexibility index (Phi) is 7.14. The fourth-order valence-corrected chi connectivity index (χ4v) is 4.61. The van der Waals surface area contributed by atoms with E-state index in [1.165, 1.54) is 17.8 Å². The average Bonchev–Trinajstić information content (AvgIpc) is 3.17. The first-order chi connectivity index (χ1) is 14.1. The standard InChI is InChI=1S/C22H27NO5S/c1-4-28-22(25)19-16(15-10-11-17(26-2)18(12-15)27-3)13-29-21(19)23-20(24)14-8-6-5-7-9-14/h10-14H,4-9H2,1-3H3,(H,23,24). The normalized spacial score (nSPS) is 14.3. The number of methoxy groups -OCH3 is 2. The van der Waals surface area contributed by atoms with E-state index in [0.29, 0.717) is 27.6 Å². The van der Waals surface area contributed by atoms with Gasteiger partial charge in [-0.25, -0.2) is 4.79 Å². The van der Waals surface area contributed by atoms with Gasteiger partial charge in [-0.3, -0.25) is 4.79 Å². The largest absolute Gasteiger partial charge is 0.493 e. The summed E-state index contributed by atoms with van der Waals surface area (Å²) in [6.07, 6.45) is 5.12. The highest BCUT2D eigenvalue weighted by Crippen LogP contribution is 2.40. The zero-order valence-electron chi connectivity index (χ0n) is 17.1. The molecule has 0 bridgehead atoms. The highest BCUT2D eigenvalue weighted by atomic mass is 32.1. The van der Waals surface area contributed by atoms with E-state index >= 15 is 0 Å². The second-order valence-electron chi connectivity index (χ2n) is 6.97. The van der Waals surface area contributed by atoms with Crippen LogP contribution in [0.3, 0.4) is 0 Å². The van der Waals surface area contributed by atoms with E-state index in [9.17, 15) is 9.59 Å². The fourth-order valence-electron chi connectivity index (χ4n) is 3.65. The summed E-state index contributed by atoms with van der Waals surface area (Å²) in [7, 11) is 3.14. The lowest BCUT2D eigenvalue weighted by Crippen LogP contribution is -2.25. The van der Waals surface area contributed by atoms with Gasteiger partial charge in [-0.1, -0.05) is 25.3 Å². The molecule has 7 heteroatoms. The number of nitrogens with one attached hydrogen (secondary N) is 1. The summed E-state index contributed by atoms with van der Waals surface area (Å²) >= 11 is 1.34. The van der Waals surface area contributed by atoms with Gasteiger partial charge in [0.2, 0.25) is 5.91 Å². The summed E-state index contributed by atoms with van der Waals surface area (Å²) < 4.78 is 16.0. The van der Waals surface area contributed by atoms with E-state index < -0.39 is 5.97 Å². The first-order valence-electron chi connectivity index (χ1n) is 9.90. The molecule has 0 radical (unpaired) electrons. The number of thiophene rings is 1. The Morgan fingerprint density at radius 1 is 1.10 bits per heavy atom. The molecule has 1 aliphatic carbocycles. The van der Waals surface area contributed by atoms with Crippen LogP contribution in [0.5, 0.6) is 11.5 Å². The van der Waals surface area contributed by atoms with Gasteiger partial charge in [0.25, 0.3) is 0 Å². The monoisotopic (exact) mass is 417 g/mol. The Morgan fingerprint density at radius 2 is 1.83 bits per heavy atom. The average molecular weight is 418 g/mol. The van der Waals surface area contributed by atoms with Gasteiger partial charge in [-0.2, -0.15) is 0 Å². The van der Waals surface area contributed by atoms with Crippen molar-refractivity contribution in [3.05, 3.63) is 29.1 Å². The molecule has 1 heterocycles. The molecular formula is C22H27NO5S. The Balaban J connectivity index is 1.95. The lowest BCUT2D eigenvalue weighted by Gasteiger charge is -2.20. The molecule has 29 heavy (non-hydrogen) atoms. The number of carbonyl (C=O) groups is 2. The lowest BCUT2D eigenvalue weighted by atomic mass is 9.88. The van der Waals surface area contributed by atoms with Crippen LogP contribution in [-0.2, 0) is 9.53 Å². The number of ether oxygens (including phenoxy) is 3. The molecular weight excluding hydrogens is 390 g/mol. The van der Waals surface area contributed by atoms with E-state index in [1.54, 1.807) is 27.2 Å². The Labute approximate surface area is 175 Å². The van der Waals surface area contributed by atoms with Crippen LogP contribution in [0.2, 0.25) is 0 Å². The summed E-state index contributed by atoms with van der Waals surface area (Å²) in [5.41, 5.74) is 1.88. The molecule has 0 aliphatic heterocycles. The van der Waals surface area contributed by atoms with Crippen LogP contribution in [0.4, 0.5) is 5.00 Å². The van der Waals surface area contributed by atoms with Gasteiger partial charge in [0, 0.05) is 16.9 Å². The maximum atomic E-state index is 12.7. The number of rotatable bonds is 7. The van der Waals surface area contributed by atoms with Crippen molar-refractivity contribution in [1.82, 2.24) is 0 Å². The molecule has 1 amide bonds. The fraction of sp³-hybridized carbons (Fsp3) is 0.455. The maximum Gasteiger partial charge on any atom is 0.341 e. The summed E-state index contributed by atoms with van der Waals surface area (Å²) in [6.45, 7) is 2.02.